The molecule has 0 aromatic carbocycles. The van der Waals surface area contributed by atoms with Crippen LogP contribution in [0.15, 0.2) is 18.3 Å². The Balaban J connectivity index is 1.57. The molecule has 2 saturated heterocycles. The number of hydrogen-bond acceptors (Lipinski definition) is 6. The highest BCUT2D eigenvalue weighted by atomic mass is 19.1. The zero-order chi connectivity index (χ0) is 16.2. The molecule has 23 heavy (non-hydrogen) atoms. The maximum absolute atomic E-state index is 13.8. The van der Waals surface area contributed by atoms with Crippen molar-refractivity contribution in [2.45, 2.75) is 24.7 Å². The van der Waals surface area contributed by atoms with Gasteiger partial charge in [-0.15, -0.1) is 5.10 Å². The van der Waals surface area contributed by atoms with Crippen LogP contribution in [-0.2, 0) is 9.53 Å². The summed E-state index contributed by atoms with van der Waals surface area (Å²) < 4.78 is 19.3. The Morgan fingerprint density at radius 3 is 3.13 bits per heavy atom. The molecule has 0 aliphatic carbocycles. The number of nitrogens with zero attached hydrogens (tertiary/aromatic N) is 4. The average molecular weight is 323 g/mol. The van der Waals surface area contributed by atoms with E-state index in [1.807, 2.05) is 11.9 Å². The van der Waals surface area contributed by atoms with E-state index in [9.17, 15) is 9.18 Å². The molecule has 0 saturated carbocycles. The highest BCUT2D eigenvalue weighted by Gasteiger charge is 2.34. The van der Waals surface area contributed by atoms with Crippen LogP contribution in [0.1, 0.15) is 6.42 Å². The van der Waals surface area contributed by atoms with Gasteiger partial charge in [-0.1, -0.05) is 0 Å². The smallest absolute Gasteiger partial charge is 0.250 e. The van der Waals surface area contributed by atoms with E-state index in [1.54, 1.807) is 18.3 Å². The van der Waals surface area contributed by atoms with Crippen molar-refractivity contribution in [1.82, 2.24) is 20.4 Å². The molecular formula is C15H22FN5O2. The molecule has 2 fully saturated rings. The Morgan fingerprint density at radius 1 is 1.52 bits per heavy atom. The second-order valence-corrected chi connectivity index (χ2v) is 6.09. The van der Waals surface area contributed by atoms with Gasteiger partial charge in [0.15, 0.2) is 5.82 Å². The first-order valence-corrected chi connectivity index (χ1v) is 7.90. The van der Waals surface area contributed by atoms with Gasteiger partial charge < -0.3 is 19.9 Å². The zero-order valence-electron chi connectivity index (χ0n) is 13.2. The zero-order valence-corrected chi connectivity index (χ0v) is 13.2. The lowest BCUT2D eigenvalue weighted by atomic mass is 10.2. The molecule has 126 valence electrons. The Labute approximate surface area is 134 Å². The van der Waals surface area contributed by atoms with Crippen molar-refractivity contribution in [1.29, 1.82) is 0 Å². The summed E-state index contributed by atoms with van der Waals surface area (Å²) in [4.78, 5) is 16.2. The van der Waals surface area contributed by atoms with E-state index in [4.69, 9.17) is 4.74 Å². The third kappa shape index (κ3) is 3.94. The molecule has 1 aromatic heterocycles. The summed E-state index contributed by atoms with van der Waals surface area (Å²) in [6, 6.07) is 3.46. The molecule has 8 heteroatoms. The third-order valence-corrected chi connectivity index (χ3v) is 4.29. The minimum atomic E-state index is -0.920. The largest absolute Gasteiger partial charge is 0.366 e. The van der Waals surface area contributed by atoms with Crippen LogP contribution in [0.5, 0.6) is 0 Å². The number of halogens is 1. The van der Waals surface area contributed by atoms with E-state index >= 15 is 0 Å². The summed E-state index contributed by atoms with van der Waals surface area (Å²) >= 11 is 0. The Bertz CT molecular complexity index is 532. The number of anilines is 1. The number of nitrogens with one attached hydrogen (secondary N) is 1. The van der Waals surface area contributed by atoms with E-state index in [1.165, 1.54) is 0 Å². The second-order valence-electron chi connectivity index (χ2n) is 6.09. The number of amides is 1. The van der Waals surface area contributed by atoms with Crippen LogP contribution in [0.25, 0.3) is 0 Å². The molecule has 0 spiro atoms. The third-order valence-electron chi connectivity index (χ3n) is 4.29. The van der Waals surface area contributed by atoms with Crippen LogP contribution >= 0.6 is 0 Å². The van der Waals surface area contributed by atoms with E-state index in [2.05, 4.69) is 20.4 Å². The molecule has 0 bridgehead atoms. The molecule has 2 aliphatic heterocycles. The second kappa shape index (κ2) is 7.18. The number of ether oxygens (including phenoxy) is 1. The van der Waals surface area contributed by atoms with Gasteiger partial charge in [0.25, 0.3) is 5.91 Å². The maximum Gasteiger partial charge on any atom is 0.250 e. The molecule has 3 rings (SSSR count). The molecular weight excluding hydrogens is 301 g/mol. The summed E-state index contributed by atoms with van der Waals surface area (Å²) in [5.74, 6) is 0.499. The fourth-order valence-electron chi connectivity index (χ4n) is 3.05. The van der Waals surface area contributed by atoms with Crippen LogP contribution in [0.2, 0.25) is 0 Å². The predicted molar refractivity (Wildman–Crippen MR) is 82.9 cm³/mol. The van der Waals surface area contributed by atoms with Gasteiger partial charge in [0.1, 0.15) is 12.3 Å². The van der Waals surface area contributed by atoms with Crippen LogP contribution < -0.4 is 10.2 Å². The lowest BCUT2D eigenvalue weighted by Gasteiger charge is -2.30. The molecule has 1 amide bonds. The van der Waals surface area contributed by atoms with Crippen molar-refractivity contribution in [3.8, 4) is 0 Å². The van der Waals surface area contributed by atoms with E-state index in [0.29, 0.717) is 31.9 Å². The van der Waals surface area contributed by atoms with Gasteiger partial charge in [-0.05, 0) is 19.2 Å². The number of carbonyl (C=O) groups excluding carboxylic acids is 1. The summed E-state index contributed by atoms with van der Waals surface area (Å²) in [6.07, 6.45) is 0.583. The number of alkyl halides is 1. The fraction of sp³-hybridized carbons (Fsp3) is 0.667. The molecule has 1 N–H and O–H groups in total. The van der Waals surface area contributed by atoms with Crippen molar-refractivity contribution < 1.29 is 13.9 Å². The first-order valence-electron chi connectivity index (χ1n) is 7.90. The lowest BCUT2D eigenvalue weighted by Crippen LogP contribution is -2.50. The maximum atomic E-state index is 13.8. The van der Waals surface area contributed by atoms with E-state index < -0.39 is 12.3 Å². The van der Waals surface area contributed by atoms with Gasteiger partial charge in [0.05, 0.1) is 19.2 Å². The summed E-state index contributed by atoms with van der Waals surface area (Å²) in [6.45, 7) is 2.62. The quantitative estimate of drug-likeness (QED) is 0.830. The standard InChI is InChI=1S/C15H22FN5O2/c1-20-5-6-23-13(10-20)15(22)17-8-12-7-11(16)9-21(12)14-3-2-4-18-19-14/h2-4,11-13H,5-10H2,1H3,(H,17,22)/t11-,12-,13+/m0/s1. The van der Waals surface area contributed by atoms with E-state index in [-0.39, 0.29) is 18.5 Å². The van der Waals surface area contributed by atoms with Crippen molar-refractivity contribution in [3.05, 3.63) is 18.3 Å². The Kier molecular flexibility index (Phi) is 5.02. The van der Waals surface area contributed by atoms with E-state index in [0.717, 1.165) is 6.54 Å². The number of carbonyl (C=O) groups is 1. The van der Waals surface area contributed by atoms with Gasteiger partial charge in [-0.25, -0.2) is 4.39 Å². The van der Waals surface area contributed by atoms with Crippen LogP contribution in [0.3, 0.4) is 0 Å². The average Bonchev–Trinajstić information content (AvgIpc) is 2.94. The van der Waals surface area contributed by atoms with Crippen LogP contribution in [0, 0.1) is 0 Å². The Hall–Kier alpha value is -1.80. The number of morpholine rings is 1. The minimum Gasteiger partial charge on any atom is -0.366 e. The molecule has 3 heterocycles. The van der Waals surface area contributed by atoms with Crippen molar-refractivity contribution in [2.75, 3.05) is 44.7 Å². The number of likely N-dealkylation sites (N-methyl/N-ethyl adjacent to an activating group) is 1. The summed E-state index contributed by atoms with van der Waals surface area (Å²) in [5, 5.41) is 10.8. The first kappa shape index (κ1) is 16.1. The monoisotopic (exact) mass is 323 g/mol. The first-order chi connectivity index (χ1) is 11.1. The normalized spacial score (nSPS) is 28.8. The van der Waals surface area contributed by atoms with Crippen molar-refractivity contribution in [3.63, 3.8) is 0 Å². The molecule has 2 aliphatic rings. The number of aromatic nitrogens is 2. The molecule has 7 nitrogen and oxygen atoms in total. The summed E-state index contributed by atoms with van der Waals surface area (Å²) in [5.41, 5.74) is 0. The molecule has 0 radical (unpaired) electrons. The van der Waals surface area contributed by atoms with Crippen LogP contribution in [0.4, 0.5) is 10.2 Å². The van der Waals surface area contributed by atoms with Gasteiger partial charge in [0.2, 0.25) is 0 Å². The molecule has 0 unspecified atom stereocenters. The minimum absolute atomic E-state index is 0.119. The Morgan fingerprint density at radius 2 is 2.39 bits per heavy atom. The highest BCUT2D eigenvalue weighted by molar-refractivity contribution is 5.81. The topological polar surface area (TPSA) is 70.6 Å². The summed E-state index contributed by atoms with van der Waals surface area (Å²) in [7, 11) is 1.96. The van der Waals surface area contributed by atoms with Gasteiger partial charge in [-0.2, -0.15) is 5.10 Å². The van der Waals surface area contributed by atoms with Crippen molar-refractivity contribution in [2.24, 2.45) is 0 Å². The number of hydrogen-bond donors (Lipinski definition) is 1. The lowest BCUT2D eigenvalue weighted by molar-refractivity contribution is -0.137. The van der Waals surface area contributed by atoms with Gasteiger partial charge in [0, 0.05) is 32.3 Å². The number of rotatable bonds is 4. The molecule has 3 atom stereocenters. The van der Waals surface area contributed by atoms with Crippen molar-refractivity contribution >= 4 is 11.7 Å². The van der Waals surface area contributed by atoms with Gasteiger partial charge in [-0.3, -0.25) is 4.79 Å². The fourth-order valence-corrected chi connectivity index (χ4v) is 3.05. The van der Waals surface area contributed by atoms with Gasteiger partial charge >= 0.3 is 0 Å². The highest BCUT2D eigenvalue weighted by Crippen LogP contribution is 2.24. The SMILES string of the molecule is CN1CCO[C@@H](C(=O)NC[C@@H]2C[C@H](F)CN2c2cccnn2)C1. The molecule has 1 aromatic rings. The predicted octanol–water partition coefficient (Wildman–Crippen LogP) is -0.160. The van der Waals surface area contributed by atoms with Crippen LogP contribution in [-0.4, -0.2) is 79.2 Å².